The molecule has 0 saturated heterocycles. The highest BCUT2D eigenvalue weighted by atomic mass is 35.5. The molecule has 28 heavy (non-hydrogen) atoms. The molecule has 2 N–H and O–H groups in total. The number of aromatic nitrogens is 2. The molecule has 2 aromatic carbocycles. The maximum absolute atomic E-state index is 12.6. The Morgan fingerprint density at radius 2 is 1.86 bits per heavy atom. The lowest BCUT2D eigenvalue weighted by molar-refractivity contribution is 0.0589. The van der Waals surface area contributed by atoms with E-state index in [1.165, 1.54) is 0 Å². The summed E-state index contributed by atoms with van der Waals surface area (Å²) in [5.41, 5.74) is 2.30. The summed E-state index contributed by atoms with van der Waals surface area (Å²) < 4.78 is 7.67. The van der Waals surface area contributed by atoms with E-state index < -0.39 is 0 Å². The highest BCUT2D eigenvalue weighted by Gasteiger charge is 2.22. The summed E-state index contributed by atoms with van der Waals surface area (Å²) in [5, 5.41) is 6.54. The molecule has 0 spiro atoms. The Morgan fingerprint density at radius 3 is 2.50 bits per heavy atom. The molecule has 0 bridgehead atoms. The highest BCUT2D eigenvalue weighted by Crippen LogP contribution is 2.24. The van der Waals surface area contributed by atoms with E-state index in [4.69, 9.17) is 16.3 Å². The maximum Gasteiger partial charge on any atom is 0.271 e. The minimum Gasteiger partial charge on any atom is -0.356 e. The topological polar surface area (TPSA) is 68.2 Å². The number of amides is 1. The highest BCUT2D eigenvalue weighted by molar-refractivity contribution is 6.30. The Morgan fingerprint density at radius 1 is 1.14 bits per heavy atom. The first-order valence-corrected chi connectivity index (χ1v) is 9.46. The molecule has 0 saturated carbocycles. The van der Waals surface area contributed by atoms with Crippen molar-refractivity contribution in [3.8, 4) is 0 Å². The second-order valence-electron chi connectivity index (χ2n) is 6.18. The van der Waals surface area contributed by atoms with Gasteiger partial charge in [0.05, 0.1) is 6.61 Å². The van der Waals surface area contributed by atoms with Gasteiger partial charge in [0.15, 0.2) is 11.5 Å². The van der Waals surface area contributed by atoms with Gasteiger partial charge in [0.25, 0.3) is 5.91 Å². The lowest BCUT2D eigenvalue weighted by Gasteiger charge is -2.12. The van der Waals surface area contributed by atoms with Gasteiger partial charge in [-0.15, -0.1) is 0 Å². The van der Waals surface area contributed by atoms with Crippen LogP contribution < -0.4 is 10.6 Å². The number of carbonyl (C=O) groups is 1. The Balaban J connectivity index is 1.85. The monoisotopic (exact) mass is 398 g/mol. The normalized spacial score (nSPS) is 10.7. The number of benzene rings is 2. The second-order valence-corrected chi connectivity index (χ2v) is 6.62. The number of hydrogen-bond donors (Lipinski definition) is 2. The first-order valence-electron chi connectivity index (χ1n) is 9.08. The molecule has 0 aliphatic carbocycles. The zero-order valence-electron chi connectivity index (χ0n) is 15.9. The zero-order chi connectivity index (χ0) is 19.9. The van der Waals surface area contributed by atoms with Crippen LogP contribution in [0.2, 0.25) is 5.02 Å². The number of rotatable bonds is 8. The fourth-order valence-electron chi connectivity index (χ4n) is 2.84. The Hall–Kier alpha value is -2.83. The van der Waals surface area contributed by atoms with E-state index >= 15 is 0 Å². The van der Waals surface area contributed by atoms with Gasteiger partial charge < -0.3 is 15.4 Å². The average Bonchev–Trinajstić information content (AvgIpc) is 3.07. The standard InChI is InChI=1S/C21H23ClN4O2/c1-3-18-25-20(24-17-11-9-16(22)10-12-17)19(21(27)23-2)26(18)14-28-13-15-7-5-4-6-8-15/h4-12,24H,3,13-14H2,1-2H3,(H,23,27). The molecule has 7 heteroatoms. The smallest absolute Gasteiger partial charge is 0.271 e. The molecule has 1 heterocycles. The number of aryl methyl sites for hydroxylation is 1. The van der Waals surface area contributed by atoms with Crippen molar-refractivity contribution in [1.82, 2.24) is 14.9 Å². The molecule has 0 aliphatic heterocycles. The van der Waals surface area contributed by atoms with E-state index in [9.17, 15) is 4.79 Å². The molecule has 0 aliphatic rings. The van der Waals surface area contributed by atoms with Crippen molar-refractivity contribution in [3.05, 3.63) is 76.7 Å². The first kappa shape index (κ1) is 19.9. The van der Waals surface area contributed by atoms with Gasteiger partial charge in [-0.25, -0.2) is 4.98 Å². The van der Waals surface area contributed by atoms with Crippen LogP contribution in [0.5, 0.6) is 0 Å². The summed E-state index contributed by atoms with van der Waals surface area (Å²) in [6, 6.07) is 17.2. The van der Waals surface area contributed by atoms with Crippen LogP contribution in [-0.4, -0.2) is 22.5 Å². The predicted molar refractivity (Wildman–Crippen MR) is 111 cm³/mol. The summed E-state index contributed by atoms with van der Waals surface area (Å²) in [4.78, 5) is 17.2. The SMILES string of the molecule is CCc1nc(Nc2ccc(Cl)cc2)c(C(=O)NC)n1COCc1ccccc1. The fourth-order valence-corrected chi connectivity index (χ4v) is 2.97. The number of ether oxygens (including phenoxy) is 1. The van der Waals surface area contributed by atoms with Gasteiger partial charge >= 0.3 is 0 Å². The van der Waals surface area contributed by atoms with Gasteiger partial charge in [0.2, 0.25) is 0 Å². The molecule has 1 aromatic heterocycles. The lowest BCUT2D eigenvalue weighted by Crippen LogP contribution is -2.24. The third-order valence-corrected chi connectivity index (χ3v) is 4.50. The van der Waals surface area contributed by atoms with Crippen LogP contribution in [0.4, 0.5) is 11.5 Å². The van der Waals surface area contributed by atoms with E-state index in [0.29, 0.717) is 29.6 Å². The zero-order valence-corrected chi connectivity index (χ0v) is 16.7. The minimum absolute atomic E-state index is 0.230. The number of carbonyl (C=O) groups excluding carboxylic acids is 1. The van der Waals surface area contributed by atoms with Crippen LogP contribution in [-0.2, 0) is 24.5 Å². The van der Waals surface area contributed by atoms with E-state index in [-0.39, 0.29) is 12.6 Å². The third-order valence-electron chi connectivity index (χ3n) is 4.24. The molecule has 146 valence electrons. The molecule has 3 rings (SSSR count). The molecule has 0 atom stereocenters. The number of halogens is 1. The molecule has 0 unspecified atom stereocenters. The van der Waals surface area contributed by atoms with Gasteiger partial charge in [-0.3, -0.25) is 9.36 Å². The quantitative estimate of drug-likeness (QED) is 0.591. The minimum atomic E-state index is -0.230. The van der Waals surface area contributed by atoms with Crippen molar-refractivity contribution in [2.24, 2.45) is 0 Å². The summed E-state index contributed by atoms with van der Waals surface area (Å²) in [7, 11) is 1.60. The largest absolute Gasteiger partial charge is 0.356 e. The second kappa shape index (κ2) is 9.39. The van der Waals surface area contributed by atoms with E-state index in [0.717, 1.165) is 17.1 Å². The molecule has 0 fully saturated rings. The summed E-state index contributed by atoms with van der Waals surface area (Å²) >= 11 is 5.95. The Labute approximate surface area is 169 Å². The van der Waals surface area contributed by atoms with E-state index in [2.05, 4.69) is 15.6 Å². The van der Waals surface area contributed by atoms with Crippen LogP contribution >= 0.6 is 11.6 Å². The number of imidazole rings is 1. The van der Waals surface area contributed by atoms with Gasteiger partial charge in [-0.1, -0.05) is 48.9 Å². The average molecular weight is 399 g/mol. The van der Waals surface area contributed by atoms with Gasteiger partial charge in [-0.2, -0.15) is 0 Å². The van der Waals surface area contributed by atoms with Crippen LogP contribution in [0.1, 0.15) is 28.8 Å². The number of nitrogens with one attached hydrogen (secondary N) is 2. The van der Waals surface area contributed by atoms with Crippen molar-refractivity contribution >= 4 is 29.0 Å². The third kappa shape index (κ3) is 4.71. The van der Waals surface area contributed by atoms with E-state index in [1.54, 1.807) is 23.7 Å². The van der Waals surface area contributed by atoms with Gasteiger partial charge in [-0.05, 0) is 29.8 Å². The number of anilines is 2. The van der Waals surface area contributed by atoms with Crippen molar-refractivity contribution < 1.29 is 9.53 Å². The van der Waals surface area contributed by atoms with E-state index in [1.807, 2.05) is 49.4 Å². The van der Waals surface area contributed by atoms with Crippen molar-refractivity contribution in [1.29, 1.82) is 0 Å². The van der Waals surface area contributed by atoms with Crippen molar-refractivity contribution in [2.45, 2.75) is 26.7 Å². The molecule has 6 nitrogen and oxygen atoms in total. The molecular weight excluding hydrogens is 376 g/mol. The number of nitrogens with zero attached hydrogens (tertiary/aromatic N) is 2. The number of hydrogen-bond acceptors (Lipinski definition) is 4. The maximum atomic E-state index is 12.6. The molecule has 0 radical (unpaired) electrons. The van der Waals surface area contributed by atoms with Crippen LogP contribution in [0, 0.1) is 0 Å². The van der Waals surface area contributed by atoms with Crippen LogP contribution in [0.25, 0.3) is 0 Å². The van der Waals surface area contributed by atoms with Gasteiger partial charge in [0, 0.05) is 24.2 Å². The summed E-state index contributed by atoms with van der Waals surface area (Å²) in [5.74, 6) is 1.02. The lowest BCUT2D eigenvalue weighted by atomic mass is 10.2. The van der Waals surface area contributed by atoms with Gasteiger partial charge in [0.1, 0.15) is 12.6 Å². The van der Waals surface area contributed by atoms with Crippen LogP contribution in [0.3, 0.4) is 0 Å². The Kier molecular flexibility index (Phi) is 6.68. The first-order chi connectivity index (χ1) is 13.6. The van der Waals surface area contributed by atoms with Crippen molar-refractivity contribution in [2.75, 3.05) is 12.4 Å². The fraction of sp³-hybridized carbons (Fsp3) is 0.238. The molecule has 1 amide bonds. The molecule has 3 aromatic rings. The molecular formula is C21H23ClN4O2. The Bertz CT molecular complexity index is 924. The van der Waals surface area contributed by atoms with Crippen molar-refractivity contribution in [3.63, 3.8) is 0 Å². The summed E-state index contributed by atoms with van der Waals surface area (Å²) in [6.45, 7) is 2.68. The summed E-state index contributed by atoms with van der Waals surface area (Å²) in [6.07, 6.45) is 0.668. The van der Waals surface area contributed by atoms with Crippen LogP contribution in [0.15, 0.2) is 54.6 Å². The predicted octanol–water partition coefficient (Wildman–Crippen LogP) is 4.38.